The molecule has 0 aromatic carbocycles. The summed E-state index contributed by atoms with van der Waals surface area (Å²) in [7, 11) is 0. The first kappa shape index (κ1) is 10.0. The Labute approximate surface area is 87.7 Å². The van der Waals surface area contributed by atoms with E-state index in [1.165, 1.54) is 12.8 Å². The minimum atomic E-state index is -0.969. The summed E-state index contributed by atoms with van der Waals surface area (Å²) in [5, 5.41) is 12.6. The first-order chi connectivity index (χ1) is 7.25. The van der Waals surface area contributed by atoms with Gasteiger partial charge >= 0.3 is 5.97 Å². The van der Waals surface area contributed by atoms with Crippen LogP contribution in [-0.2, 0) is 4.79 Å². The van der Waals surface area contributed by atoms with E-state index in [2.05, 4.69) is 5.10 Å². The third kappa shape index (κ3) is 2.49. The fourth-order valence-electron chi connectivity index (χ4n) is 1.91. The van der Waals surface area contributed by atoms with Crippen molar-refractivity contribution < 1.29 is 14.6 Å². The molecule has 0 radical (unpaired) electrons. The predicted molar refractivity (Wildman–Crippen MR) is 52.9 cm³/mol. The van der Waals surface area contributed by atoms with E-state index >= 15 is 0 Å². The number of hydrogen-bond donors (Lipinski definition) is 1. The highest BCUT2D eigenvalue weighted by molar-refractivity contribution is 5.68. The molecule has 1 fully saturated rings. The fraction of sp³-hybridized carbons (Fsp3) is 0.600. The molecular formula is C10H14N2O3. The van der Waals surface area contributed by atoms with Crippen molar-refractivity contribution in [1.29, 1.82) is 0 Å². The van der Waals surface area contributed by atoms with Gasteiger partial charge in [0, 0.05) is 0 Å². The Hall–Kier alpha value is -1.52. The van der Waals surface area contributed by atoms with E-state index in [1.54, 1.807) is 12.4 Å². The van der Waals surface area contributed by atoms with Gasteiger partial charge in [0.1, 0.15) is 0 Å². The van der Waals surface area contributed by atoms with Gasteiger partial charge in [-0.25, -0.2) is 4.79 Å². The zero-order valence-electron chi connectivity index (χ0n) is 8.43. The van der Waals surface area contributed by atoms with Crippen molar-refractivity contribution in [2.45, 2.75) is 31.7 Å². The summed E-state index contributed by atoms with van der Waals surface area (Å²) in [4.78, 5) is 10.3. The number of ether oxygens (including phenoxy) is 1. The van der Waals surface area contributed by atoms with Crippen molar-refractivity contribution in [3.63, 3.8) is 0 Å². The number of rotatable bonds is 4. The normalized spacial score (nSPS) is 16.8. The molecule has 1 aliphatic rings. The highest BCUT2D eigenvalue weighted by Gasteiger charge is 2.17. The molecule has 0 saturated heterocycles. The molecule has 1 aromatic heterocycles. The van der Waals surface area contributed by atoms with E-state index in [9.17, 15) is 4.79 Å². The van der Waals surface area contributed by atoms with Crippen molar-refractivity contribution in [1.82, 2.24) is 9.78 Å². The van der Waals surface area contributed by atoms with E-state index in [1.807, 2.05) is 4.68 Å². The summed E-state index contributed by atoms with van der Waals surface area (Å²) in [6.07, 6.45) is 8.14. The van der Waals surface area contributed by atoms with Gasteiger partial charge in [-0.05, 0) is 12.8 Å². The first-order valence-electron chi connectivity index (χ1n) is 5.14. The van der Waals surface area contributed by atoms with Crippen molar-refractivity contribution in [2.24, 2.45) is 0 Å². The summed E-state index contributed by atoms with van der Waals surface area (Å²) < 4.78 is 6.90. The Morgan fingerprint density at radius 3 is 3.00 bits per heavy atom. The van der Waals surface area contributed by atoms with Gasteiger partial charge in [-0.15, -0.1) is 0 Å². The third-order valence-corrected chi connectivity index (χ3v) is 2.64. The molecule has 1 saturated carbocycles. The highest BCUT2D eigenvalue weighted by atomic mass is 16.5. The van der Waals surface area contributed by atoms with Crippen LogP contribution in [0.3, 0.4) is 0 Å². The number of nitrogens with zero attached hydrogens (tertiary/aromatic N) is 2. The van der Waals surface area contributed by atoms with E-state index in [4.69, 9.17) is 9.84 Å². The molecule has 82 valence electrons. The lowest BCUT2D eigenvalue weighted by molar-refractivity contribution is -0.139. The lowest BCUT2D eigenvalue weighted by Gasteiger charge is -2.08. The van der Waals surface area contributed by atoms with Crippen molar-refractivity contribution >= 4 is 5.97 Å². The molecule has 0 atom stereocenters. The van der Waals surface area contributed by atoms with E-state index in [-0.39, 0.29) is 6.61 Å². The summed E-state index contributed by atoms with van der Waals surface area (Å²) in [5.41, 5.74) is 0. The monoisotopic (exact) mass is 210 g/mol. The lowest BCUT2D eigenvalue weighted by atomic mass is 10.3. The number of carboxylic acid groups (broad SMARTS) is 1. The second-order valence-electron chi connectivity index (χ2n) is 3.78. The van der Waals surface area contributed by atoms with Crippen LogP contribution in [0, 0.1) is 0 Å². The maximum Gasteiger partial charge on any atom is 0.341 e. The Bertz CT molecular complexity index is 342. The van der Waals surface area contributed by atoms with E-state index in [0.717, 1.165) is 12.8 Å². The standard InChI is InChI=1S/C10H14N2O3/c13-10(14)7-15-9-5-11-12(6-9)8-3-1-2-4-8/h5-6,8H,1-4,7H2,(H,13,14). The van der Waals surface area contributed by atoms with Gasteiger partial charge in [-0.2, -0.15) is 5.10 Å². The fourth-order valence-corrected chi connectivity index (χ4v) is 1.91. The zero-order valence-corrected chi connectivity index (χ0v) is 8.43. The average Bonchev–Trinajstić information content (AvgIpc) is 2.85. The van der Waals surface area contributed by atoms with Gasteiger partial charge in [-0.3, -0.25) is 4.68 Å². The average molecular weight is 210 g/mol. The quantitative estimate of drug-likeness (QED) is 0.817. The maximum absolute atomic E-state index is 10.3. The largest absolute Gasteiger partial charge is 0.479 e. The molecule has 1 aromatic rings. The molecule has 1 aliphatic carbocycles. The molecule has 0 bridgehead atoms. The second-order valence-corrected chi connectivity index (χ2v) is 3.78. The minimum Gasteiger partial charge on any atom is -0.479 e. The molecule has 2 rings (SSSR count). The van der Waals surface area contributed by atoms with E-state index < -0.39 is 5.97 Å². The van der Waals surface area contributed by atoms with Gasteiger partial charge in [0.15, 0.2) is 12.4 Å². The van der Waals surface area contributed by atoms with Crippen LogP contribution < -0.4 is 4.74 Å². The van der Waals surface area contributed by atoms with Crippen molar-refractivity contribution in [3.05, 3.63) is 12.4 Å². The Kier molecular flexibility index (Phi) is 2.89. The van der Waals surface area contributed by atoms with Gasteiger partial charge in [0.25, 0.3) is 0 Å². The van der Waals surface area contributed by atoms with Crippen LogP contribution >= 0.6 is 0 Å². The van der Waals surface area contributed by atoms with Gasteiger partial charge in [0.05, 0.1) is 18.4 Å². The third-order valence-electron chi connectivity index (χ3n) is 2.64. The van der Waals surface area contributed by atoms with Crippen molar-refractivity contribution in [2.75, 3.05) is 6.61 Å². The molecular weight excluding hydrogens is 196 g/mol. The molecule has 0 aliphatic heterocycles. The van der Waals surface area contributed by atoms with Gasteiger partial charge in [-0.1, -0.05) is 12.8 Å². The number of aromatic nitrogens is 2. The van der Waals surface area contributed by atoms with E-state index in [0.29, 0.717) is 11.8 Å². The SMILES string of the molecule is O=C(O)COc1cnn(C2CCCC2)c1. The maximum atomic E-state index is 10.3. The molecule has 5 nitrogen and oxygen atoms in total. The summed E-state index contributed by atoms with van der Waals surface area (Å²) in [6, 6.07) is 0.465. The number of aliphatic carboxylic acids is 1. The molecule has 0 unspecified atom stereocenters. The lowest BCUT2D eigenvalue weighted by Crippen LogP contribution is -2.09. The van der Waals surface area contributed by atoms with Gasteiger partial charge < -0.3 is 9.84 Å². The molecule has 0 amide bonds. The minimum absolute atomic E-state index is 0.309. The predicted octanol–water partition coefficient (Wildman–Crippen LogP) is 1.46. The number of hydrogen-bond acceptors (Lipinski definition) is 3. The number of carboxylic acids is 1. The summed E-state index contributed by atoms with van der Waals surface area (Å²) in [6.45, 7) is -0.309. The molecule has 15 heavy (non-hydrogen) atoms. The van der Waals surface area contributed by atoms with Crippen LogP contribution in [0.25, 0.3) is 0 Å². The van der Waals surface area contributed by atoms with Crippen LogP contribution in [0.15, 0.2) is 12.4 Å². The van der Waals surface area contributed by atoms with Gasteiger partial charge in [0.2, 0.25) is 0 Å². The smallest absolute Gasteiger partial charge is 0.341 e. The van der Waals surface area contributed by atoms with Crippen LogP contribution in [0.4, 0.5) is 0 Å². The Morgan fingerprint density at radius 2 is 2.33 bits per heavy atom. The van der Waals surface area contributed by atoms with Crippen LogP contribution in [-0.4, -0.2) is 27.5 Å². The molecule has 5 heteroatoms. The highest BCUT2D eigenvalue weighted by Crippen LogP contribution is 2.29. The summed E-state index contributed by atoms with van der Waals surface area (Å²) in [5.74, 6) is -0.437. The van der Waals surface area contributed by atoms with Crippen LogP contribution in [0.1, 0.15) is 31.7 Å². The molecule has 1 heterocycles. The van der Waals surface area contributed by atoms with Crippen LogP contribution in [0.5, 0.6) is 5.75 Å². The van der Waals surface area contributed by atoms with Crippen molar-refractivity contribution in [3.8, 4) is 5.75 Å². The Balaban J connectivity index is 1.94. The van der Waals surface area contributed by atoms with Crippen LogP contribution in [0.2, 0.25) is 0 Å². The number of carbonyl (C=O) groups is 1. The zero-order chi connectivity index (χ0) is 10.7. The molecule has 1 N–H and O–H groups in total. The topological polar surface area (TPSA) is 64.3 Å². The Morgan fingerprint density at radius 1 is 1.60 bits per heavy atom. The second kappa shape index (κ2) is 4.33. The first-order valence-corrected chi connectivity index (χ1v) is 5.14. The molecule has 0 spiro atoms. The summed E-state index contributed by atoms with van der Waals surface area (Å²) >= 11 is 0.